The SMILES string of the molecule is CCCC[C@H](c1cc(F)c(OCC)c(Cl)c1)N1CCNCC1.Cl.Cl. The third-order valence-electron chi connectivity index (χ3n) is 4.12. The summed E-state index contributed by atoms with van der Waals surface area (Å²) in [5, 5.41) is 3.73. The van der Waals surface area contributed by atoms with E-state index in [1.165, 1.54) is 0 Å². The third kappa shape index (κ3) is 6.23. The zero-order valence-corrected chi connectivity index (χ0v) is 16.7. The molecular weight excluding hydrogens is 374 g/mol. The predicted octanol–water partition coefficient (Wildman–Crippen LogP) is 4.86. The zero-order chi connectivity index (χ0) is 15.9. The molecule has 0 spiro atoms. The van der Waals surface area contributed by atoms with Crippen LogP contribution in [0.2, 0.25) is 5.02 Å². The van der Waals surface area contributed by atoms with Crippen LogP contribution in [0.25, 0.3) is 0 Å². The number of nitrogens with zero attached hydrogens (tertiary/aromatic N) is 1. The first kappa shape index (κ1) is 23.7. The fourth-order valence-corrected chi connectivity index (χ4v) is 3.28. The Bertz CT molecular complexity index is 462. The lowest BCUT2D eigenvalue weighted by Crippen LogP contribution is -2.45. The summed E-state index contributed by atoms with van der Waals surface area (Å²) in [5.74, 6) is -0.191. The number of hydrogen-bond acceptors (Lipinski definition) is 3. The number of unbranched alkanes of at least 4 members (excludes halogenated alkanes) is 1. The monoisotopic (exact) mass is 400 g/mol. The number of halogens is 4. The van der Waals surface area contributed by atoms with Gasteiger partial charge in [-0.3, -0.25) is 4.90 Å². The van der Waals surface area contributed by atoms with Crippen molar-refractivity contribution in [2.24, 2.45) is 0 Å². The van der Waals surface area contributed by atoms with E-state index in [9.17, 15) is 4.39 Å². The molecule has 0 amide bonds. The van der Waals surface area contributed by atoms with Gasteiger partial charge in [0.15, 0.2) is 11.6 Å². The number of piperazine rings is 1. The standard InChI is InChI=1S/C17H26ClFN2O.2ClH/c1-3-5-6-16(21-9-7-20-8-10-21)13-11-14(18)17(22-4-2)15(19)12-13;;/h11-12,16,20H,3-10H2,1-2H3;2*1H/t16-;;/m1../s1. The molecule has 0 bridgehead atoms. The second-order valence-electron chi connectivity index (χ2n) is 5.69. The minimum atomic E-state index is -0.360. The summed E-state index contributed by atoms with van der Waals surface area (Å²) in [7, 11) is 0. The van der Waals surface area contributed by atoms with Crippen molar-refractivity contribution in [2.45, 2.75) is 39.2 Å². The van der Waals surface area contributed by atoms with Gasteiger partial charge in [-0.15, -0.1) is 24.8 Å². The molecule has 7 heteroatoms. The molecular formula is C17H28Cl3FN2O. The maximum absolute atomic E-state index is 14.3. The van der Waals surface area contributed by atoms with Gasteiger partial charge in [-0.05, 0) is 31.0 Å². The van der Waals surface area contributed by atoms with Gasteiger partial charge in [0, 0.05) is 32.2 Å². The van der Waals surface area contributed by atoms with Crippen LogP contribution < -0.4 is 10.1 Å². The Kier molecular flexibility index (Phi) is 12.0. The summed E-state index contributed by atoms with van der Waals surface area (Å²) in [6.45, 7) is 8.36. The number of rotatable bonds is 7. The molecule has 0 aromatic heterocycles. The van der Waals surface area contributed by atoms with Crippen molar-refractivity contribution in [3.05, 3.63) is 28.5 Å². The minimum Gasteiger partial charge on any atom is -0.489 e. The molecule has 0 saturated carbocycles. The Labute approximate surface area is 162 Å². The number of ether oxygens (including phenoxy) is 1. The van der Waals surface area contributed by atoms with E-state index in [-0.39, 0.29) is 42.4 Å². The molecule has 1 aromatic carbocycles. The van der Waals surface area contributed by atoms with Gasteiger partial charge >= 0.3 is 0 Å². The molecule has 140 valence electrons. The average Bonchev–Trinajstić information content (AvgIpc) is 2.52. The highest BCUT2D eigenvalue weighted by molar-refractivity contribution is 6.32. The fourth-order valence-electron chi connectivity index (χ4n) is 3.01. The van der Waals surface area contributed by atoms with Crippen molar-refractivity contribution < 1.29 is 9.13 Å². The van der Waals surface area contributed by atoms with Crippen LogP contribution in [0.3, 0.4) is 0 Å². The average molecular weight is 402 g/mol. The van der Waals surface area contributed by atoms with Gasteiger partial charge in [-0.25, -0.2) is 4.39 Å². The molecule has 1 aliphatic heterocycles. The molecule has 1 saturated heterocycles. The van der Waals surface area contributed by atoms with Crippen LogP contribution in [0.1, 0.15) is 44.7 Å². The highest BCUT2D eigenvalue weighted by Gasteiger charge is 2.24. The van der Waals surface area contributed by atoms with Crippen LogP contribution in [-0.4, -0.2) is 37.7 Å². The lowest BCUT2D eigenvalue weighted by molar-refractivity contribution is 0.163. The fraction of sp³-hybridized carbons (Fsp3) is 0.647. The lowest BCUT2D eigenvalue weighted by atomic mass is 9.98. The molecule has 2 rings (SSSR count). The van der Waals surface area contributed by atoms with Gasteiger partial charge < -0.3 is 10.1 Å². The molecule has 24 heavy (non-hydrogen) atoms. The van der Waals surface area contributed by atoms with Crippen LogP contribution >= 0.6 is 36.4 Å². The molecule has 0 unspecified atom stereocenters. The zero-order valence-electron chi connectivity index (χ0n) is 14.3. The van der Waals surface area contributed by atoms with Crippen molar-refractivity contribution in [2.75, 3.05) is 32.8 Å². The summed E-state index contributed by atoms with van der Waals surface area (Å²) < 4.78 is 19.6. The molecule has 0 aliphatic carbocycles. The molecule has 1 heterocycles. The van der Waals surface area contributed by atoms with E-state index in [0.717, 1.165) is 51.0 Å². The van der Waals surface area contributed by atoms with Gasteiger partial charge in [0.25, 0.3) is 0 Å². The Morgan fingerprint density at radius 3 is 2.46 bits per heavy atom. The van der Waals surface area contributed by atoms with Crippen LogP contribution in [0, 0.1) is 5.82 Å². The van der Waals surface area contributed by atoms with Gasteiger partial charge in [-0.2, -0.15) is 0 Å². The van der Waals surface area contributed by atoms with E-state index in [0.29, 0.717) is 11.6 Å². The van der Waals surface area contributed by atoms with Gasteiger partial charge in [0.05, 0.1) is 11.6 Å². The third-order valence-corrected chi connectivity index (χ3v) is 4.40. The maximum atomic E-state index is 14.3. The number of nitrogens with one attached hydrogen (secondary N) is 1. The first-order valence-corrected chi connectivity index (χ1v) is 8.61. The van der Waals surface area contributed by atoms with Crippen molar-refractivity contribution in [1.29, 1.82) is 0 Å². The number of hydrogen-bond donors (Lipinski definition) is 1. The first-order chi connectivity index (χ1) is 10.7. The van der Waals surface area contributed by atoms with Crippen molar-refractivity contribution in [3.63, 3.8) is 0 Å². The highest BCUT2D eigenvalue weighted by Crippen LogP contribution is 2.35. The minimum absolute atomic E-state index is 0. The van der Waals surface area contributed by atoms with Gasteiger partial charge in [0.2, 0.25) is 0 Å². The molecule has 1 atom stereocenters. The summed E-state index contributed by atoms with van der Waals surface area (Å²) >= 11 is 6.23. The van der Waals surface area contributed by atoms with Gasteiger partial charge in [-0.1, -0.05) is 31.4 Å². The van der Waals surface area contributed by atoms with Gasteiger partial charge in [0.1, 0.15) is 0 Å². The van der Waals surface area contributed by atoms with E-state index in [4.69, 9.17) is 16.3 Å². The first-order valence-electron chi connectivity index (χ1n) is 8.23. The largest absolute Gasteiger partial charge is 0.489 e. The summed E-state index contributed by atoms with van der Waals surface area (Å²) in [6, 6.07) is 3.70. The van der Waals surface area contributed by atoms with Crippen molar-refractivity contribution >= 4 is 36.4 Å². The molecule has 1 fully saturated rings. The van der Waals surface area contributed by atoms with E-state index >= 15 is 0 Å². The van der Waals surface area contributed by atoms with Crippen molar-refractivity contribution in [1.82, 2.24) is 10.2 Å². The van der Waals surface area contributed by atoms with E-state index in [2.05, 4.69) is 17.1 Å². The Morgan fingerprint density at radius 2 is 1.92 bits per heavy atom. The summed E-state index contributed by atoms with van der Waals surface area (Å²) in [4.78, 5) is 2.43. The quantitative estimate of drug-likeness (QED) is 0.706. The Morgan fingerprint density at radius 1 is 1.25 bits per heavy atom. The van der Waals surface area contributed by atoms with E-state index < -0.39 is 0 Å². The van der Waals surface area contributed by atoms with Crippen LogP contribution in [0.4, 0.5) is 4.39 Å². The number of benzene rings is 1. The van der Waals surface area contributed by atoms with Crippen LogP contribution in [-0.2, 0) is 0 Å². The summed E-state index contributed by atoms with van der Waals surface area (Å²) in [5.41, 5.74) is 0.960. The topological polar surface area (TPSA) is 24.5 Å². The Balaban J connectivity index is 0.00000264. The molecule has 3 nitrogen and oxygen atoms in total. The van der Waals surface area contributed by atoms with Crippen LogP contribution in [0.5, 0.6) is 5.75 Å². The molecule has 0 radical (unpaired) electrons. The highest BCUT2D eigenvalue weighted by atomic mass is 35.5. The van der Waals surface area contributed by atoms with E-state index in [1.807, 2.05) is 13.0 Å². The summed E-state index contributed by atoms with van der Waals surface area (Å²) in [6.07, 6.45) is 3.29. The second-order valence-corrected chi connectivity index (χ2v) is 6.10. The smallest absolute Gasteiger partial charge is 0.173 e. The maximum Gasteiger partial charge on any atom is 0.173 e. The molecule has 1 aliphatic rings. The second kappa shape index (κ2) is 12.2. The van der Waals surface area contributed by atoms with Crippen LogP contribution in [0.15, 0.2) is 12.1 Å². The Hall–Kier alpha value is -0.260. The van der Waals surface area contributed by atoms with E-state index in [1.54, 1.807) is 6.07 Å². The van der Waals surface area contributed by atoms with Crippen molar-refractivity contribution in [3.8, 4) is 5.75 Å². The lowest BCUT2D eigenvalue weighted by Gasteiger charge is -2.35. The predicted molar refractivity (Wildman–Crippen MR) is 104 cm³/mol. The molecule has 1 aromatic rings. The molecule has 1 N–H and O–H groups in total. The normalized spacial score (nSPS) is 16.0.